The second-order valence-corrected chi connectivity index (χ2v) is 4.69. The number of nitrogens with zero attached hydrogens (tertiary/aromatic N) is 1. The Morgan fingerprint density at radius 1 is 1.50 bits per heavy atom. The summed E-state index contributed by atoms with van der Waals surface area (Å²) in [4.78, 5) is 13.9. The predicted molar refractivity (Wildman–Crippen MR) is 69.6 cm³/mol. The molecule has 0 bridgehead atoms. The number of rotatable bonds is 2. The van der Waals surface area contributed by atoms with E-state index < -0.39 is 0 Å². The summed E-state index contributed by atoms with van der Waals surface area (Å²) in [7, 11) is 1.91. The summed E-state index contributed by atoms with van der Waals surface area (Å²) in [5.74, 6) is 0.156. The van der Waals surface area contributed by atoms with Crippen LogP contribution in [0, 0.1) is 0 Å². The average molecular weight is 261 g/mol. The highest BCUT2D eigenvalue weighted by atomic mass is 35.5. The molecule has 1 aliphatic rings. The van der Waals surface area contributed by atoms with Gasteiger partial charge in [-0.2, -0.15) is 11.3 Å². The summed E-state index contributed by atoms with van der Waals surface area (Å²) in [5, 5.41) is 7.17. The van der Waals surface area contributed by atoms with Crippen LogP contribution in [0.25, 0.3) is 0 Å². The highest BCUT2D eigenvalue weighted by Gasteiger charge is 2.22. The molecule has 1 amide bonds. The molecular weight excluding hydrogens is 244 g/mol. The molecule has 1 N–H and O–H groups in total. The number of hydrogen-bond acceptors (Lipinski definition) is 3. The predicted octanol–water partition coefficient (Wildman–Crippen LogP) is 1.99. The van der Waals surface area contributed by atoms with Crippen LogP contribution < -0.4 is 5.32 Å². The Balaban J connectivity index is 0.00000128. The van der Waals surface area contributed by atoms with Gasteiger partial charge in [0.1, 0.15) is 0 Å². The van der Waals surface area contributed by atoms with Gasteiger partial charge >= 0.3 is 0 Å². The Morgan fingerprint density at radius 3 is 2.75 bits per heavy atom. The second-order valence-electron chi connectivity index (χ2n) is 3.91. The fraction of sp³-hybridized carbons (Fsp3) is 0.545. The topological polar surface area (TPSA) is 32.3 Å². The van der Waals surface area contributed by atoms with Gasteiger partial charge in [0, 0.05) is 18.5 Å². The van der Waals surface area contributed by atoms with Crippen LogP contribution >= 0.6 is 23.7 Å². The molecule has 0 saturated carbocycles. The standard InChI is InChI=1S/C11H16N2OS.ClH/c1-13(10-2-5-12-6-3-10)11(14)9-4-7-15-8-9;/h4,7-8,10,12H,2-3,5-6H2,1H3;1H. The highest BCUT2D eigenvalue weighted by Crippen LogP contribution is 2.15. The quantitative estimate of drug-likeness (QED) is 0.882. The van der Waals surface area contributed by atoms with Gasteiger partial charge in [0.2, 0.25) is 0 Å². The summed E-state index contributed by atoms with van der Waals surface area (Å²) in [6.07, 6.45) is 2.12. The summed E-state index contributed by atoms with van der Waals surface area (Å²) in [6, 6.07) is 2.29. The third kappa shape index (κ3) is 2.97. The number of hydrogen-bond donors (Lipinski definition) is 1. The van der Waals surface area contributed by atoms with Gasteiger partial charge in [0.25, 0.3) is 5.91 Å². The first-order valence-corrected chi connectivity index (χ1v) is 6.23. The van der Waals surface area contributed by atoms with Gasteiger partial charge < -0.3 is 10.2 Å². The molecule has 0 spiro atoms. The van der Waals surface area contributed by atoms with Crippen molar-refractivity contribution < 1.29 is 4.79 Å². The van der Waals surface area contributed by atoms with Crippen LogP contribution in [0.1, 0.15) is 23.2 Å². The minimum atomic E-state index is 0. The first-order valence-electron chi connectivity index (χ1n) is 5.29. The largest absolute Gasteiger partial charge is 0.339 e. The van der Waals surface area contributed by atoms with Crippen LogP contribution in [-0.4, -0.2) is 37.0 Å². The fourth-order valence-corrected chi connectivity index (χ4v) is 2.58. The van der Waals surface area contributed by atoms with E-state index in [0.29, 0.717) is 6.04 Å². The lowest BCUT2D eigenvalue weighted by atomic mass is 10.0. The van der Waals surface area contributed by atoms with E-state index in [1.54, 1.807) is 11.3 Å². The maximum atomic E-state index is 12.0. The summed E-state index contributed by atoms with van der Waals surface area (Å²) in [5.41, 5.74) is 0.820. The Morgan fingerprint density at radius 2 is 2.19 bits per heavy atom. The van der Waals surface area contributed by atoms with Crippen molar-refractivity contribution in [3.8, 4) is 0 Å². The Labute approximate surface area is 106 Å². The lowest BCUT2D eigenvalue weighted by Gasteiger charge is -2.31. The smallest absolute Gasteiger partial charge is 0.254 e. The molecule has 0 aromatic carbocycles. The van der Waals surface area contributed by atoms with Crippen molar-refractivity contribution in [3.63, 3.8) is 0 Å². The van der Waals surface area contributed by atoms with Gasteiger partial charge in [0.15, 0.2) is 0 Å². The van der Waals surface area contributed by atoms with Crippen molar-refractivity contribution >= 4 is 29.7 Å². The normalized spacial score (nSPS) is 16.6. The van der Waals surface area contributed by atoms with E-state index in [9.17, 15) is 4.79 Å². The van der Waals surface area contributed by atoms with Crippen molar-refractivity contribution in [1.82, 2.24) is 10.2 Å². The van der Waals surface area contributed by atoms with Crippen LogP contribution in [0.4, 0.5) is 0 Å². The Kier molecular flexibility index (Phi) is 5.25. The molecule has 2 rings (SSSR count). The molecular formula is C11H17ClN2OS. The van der Waals surface area contributed by atoms with Gasteiger partial charge in [-0.15, -0.1) is 12.4 Å². The van der Waals surface area contributed by atoms with Crippen LogP contribution in [-0.2, 0) is 0 Å². The van der Waals surface area contributed by atoms with E-state index in [0.717, 1.165) is 31.5 Å². The zero-order chi connectivity index (χ0) is 10.7. The van der Waals surface area contributed by atoms with Crippen molar-refractivity contribution in [3.05, 3.63) is 22.4 Å². The highest BCUT2D eigenvalue weighted by molar-refractivity contribution is 7.08. The minimum Gasteiger partial charge on any atom is -0.339 e. The number of halogens is 1. The van der Waals surface area contributed by atoms with Crippen LogP contribution in [0.2, 0.25) is 0 Å². The van der Waals surface area contributed by atoms with Crippen molar-refractivity contribution in [2.75, 3.05) is 20.1 Å². The van der Waals surface area contributed by atoms with Crippen molar-refractivity contribution in [2.24, 2.45) is 0 Å². The number of thiophene rings is 1. The Hall–Kier alpha value is -0.580. The third-order valence-electron chi connectivity index (χ3n) is 2.94. The molecule has 90 valence electrons. The molecule has 2 heterocycles. The number of amides is 1. The van der Waals surface area contributed by atoms with Crippen LogP contribution in [0.3, 0.4) is 0 Å². The number of carbonyl (C=O) groups excluding carboxylic acids is 1. The molecule has 1 aliphatic heterocycles. The monoisotopic (exact) mass is 260 g/mol. The number of piperidine rings is 1. The number of carbonyl (C=O) groups is 1. The van der Waals surface area contributed by atoms with Gasteiger partial charge in [-0.25, -0.2) is 0 Å². The lowest BCUT2D eigenvalue weighted by Crippen LogP contribution is -2.43. The van der Waals surface area contributed by atoms with E-state index in [-0.39, 0.29) is 18.3 Å². The van der Waals surface area contributed by atoms with Gasteiger partial charge in [0.05, 0.1) is 5.56 Å². The molecule has 16 heavy (non-hydrogen) atoms. The van der Waals surface area contributed by atoms with Crippen LogP contribution in [0.5, 0.6) is 0 Å². The zero-order valence-corrected chi connectivity index (χ0v) is 10.9. The SMILES string of the molecule is CN(C(=O)c1ccsc1)C1CCNCC1.Cl. The van der Waals surface area contributed by atoms with E-state index in [2.05, 4.69) is 5.32 Å². The number of nitrogens with one attached hydrogen (secondary N) is 1. The molecule has 5 heteroatoms. The molecule has 0 radical (unpaired) electrons. The van der Waals surface area contributed by atoms with Gasteiger partial charge in [-0.3, -0.25) is 4.79 Å². The van der Waals surface area contributed by atoms with Crippen LogP contribution in [0.15, 0.2) is 16.8 Å². The van der Waals surface area contributed by atoms with E-state index >= 15 is 0 Å². The van der Waals surface area contributed by atoms with Gasteiger partial charge in [-0.1, -0.05) is 0 Å². The second kappa shape index (κ2) is 6.23. The maximum absolute atomic E-state index is 12.0. The summed E-state index contributed by atoms with van der Waals surface area (Å²) >= 11 is 1.57. The molecule has 0 atom stereocenters. The molecule has 1 aromatic rings. The average Bonchev–Trinajstić information content (AvgIpc) is 2.82. The summed E-state index contributed by atoms with van der Waals surface area (Å²) in [6.45, 7) is 2.04. The van der Waals surface area contributed by atoms with Crippen molar-refractivity contribution in [2.45, 2.75) is 18.9 Å². The molecule has 0 aliphatic carbocycles. The minimum absolute atomic E-state index is 0. The van der Waals surface area contributed by atoms with E-state index in [1.165, 1.54) is 0 Å². The van der Waals surface area contributed by atoms with E-state index in [4.69, 9.17) is 0 Å². The fourth-order valence-electron chi connectivity index (χ4n) is 1.95. The third-order valence-corrected chi connectivity index (χ3v) is 3.63. The molecule has 0 unspecified atom stereocenters. The maximum Gasteiger partial charge on any atom is 0.254 e. The zero-order valence-electron chi connectivity index (χ0n) is 9.31. The van der Waals surface area contributed by atoms with Crippen molar-refractivity contribution in [1.29, 1.82) is 0 Å². The summed E-state index contributed by atoms with van der Waals surface area (Å²) < 4.78 is 0. The lowest BCUT2D eigenvalue weighted by molar-refractivity contribution is 0.0704. The molecule has 1 saturated heterocycles. The molecule has 3 nitrogen and oxygen atoms in total. The first kappa shape index (κ1) is 13.5. The van der Waals surface area contributed by atoms with Gasteiger partial charge in [-0.05, 0) is 37.4 Å². The Bertz CT molecular complexity index is 323. The first-order chi connectivity index (χ1) is 7.29. The van der Waals surface area contributed by atoms with E-state index in [1.807, 2.05) is 28.8 Å². The molecule has 1 aromatic heterocycles. The molecule has 1 fully saturated rings.